The molecule has 2 atom stereocenters. The number of aliphatic hydroxyl groups is 1. The van der Waals surface area contributed by atoms with Crippen LogP contribution in [0, 0.1) is 13.8 Å². The van der Waals surface area contributed by atoms with E-state index in [2.05, 4.69) is 15.2 Å². The maximum atomic E-state index is 13.4. The van der Waals surface area contributed by atoms with Crippen molar-refractivity contribution in [3.8, 4) is 0 Å². The molecule has 2 amide bonds. The molecule has 3 aromatic rings. The zero-order valence-corrected chi connectivity index (χ0v) is 28.2. The van der Waals surface area contributed by atoms with Crippen LogP contribution in [0.1, 0.15) is 59.3 Å². The van der Waals surface area contributed by atoms with Gasteiger partial charge in [-0.15, -0.1) is 0 Å². The second kappa shape index (κ2) is 13.2. The Labute approximate surface area is 279 Å². The number of nitrogens with zero attached hydrogens (tertiary/aromatic N) is 2. The number of aromatic amines is 1. The Balaban J connectivity index is 1.19. The highest BCUT2D eigenvalue weighted by Crippen LogP contribution is 2.37. The number of hydrogen-bond acceptors (Lipinski definition) is 6. The maximum absolute atomic E-state index is 13.4. The van der Waals surface area contributed by atoms with Crippen molar-refractivity contribution in [3.63, 3.8) is 0 Å². The number of likely N-dealkylation sites (tertiary alicyclic amines) is 2. The molecule has 0 unspecified atom stereocenters. The first-order chi connectivity index (χ1) is 21.9. The standard InChI is InChI=1S/C34H38Cl2N4O5S/c1-20-25(9-11-33(42)40-13-4-5-22(40)17-39-14-12-23(41)18-39)21(2)37-32(20)16-27-26-15-24(8-10-31(26)38-34(27)43)46(44,45)19-28-29(35)6-3-7-30(28)36/h3,6-8,10,15-16,22-23,37,41H,4-5,9,11-14,17-19H2,1-2H3,(H,38,43)/t22-,23-/m1/s1. The van der Waals surface area contributed by atoms with Crippen molar-refractivity contribution in [1.29, 1.82) is 0 Å². The van der Waals surface area contributed by atoms with Gasteiger partial charge in [0.2, 0.25) is 5.91 Å². The number of amides is 2. The number of hydrogen-bond donors (Lipinski definition) is 3. The summed E-state index contributed by atoms with van der Waals surface area (Å²) in [6, 6.07) is 9.62. The van der Waals surface area contributed by atoms with Crippen molar-refractivity contribution in [2.45, 2.75) is 68.7 Å². The fourth-order valence-corrected chi connectivity index (χ4v) is 9.05. The third-order valence-corrected chi connectivity index (χ3v) is 11.8. The van der Waals surface area contributed by atoms with Gasteiger partial charge in [0.25, 0.3) is 5.91 Å². The Hall–Kier alpha value is -3.15. The quantitative estimate of drug-likeness (QED) is 0.260. The zero-order valence-electron chi connectivity index (χ0n) is 25.9. The minimum atomic E-state index is -3.83. The van der Waals surface area contributed by atoms with Gasteiger partial charge in [-0.2, -0.15) is 0 Å². The van der Waals surface area contributed by atoms with Crippen molar-refractivity contribution >= 4 is 62.2 Å². The number of benzene rings is 2. The summed E-state index contributed by atoms with van der Waals surface area (Å²) in [5, 5.41) is 13.3. The molecule has 2 fully saturated rings. The minimum absolute atomic E-state index is 0.0596. The first kappa shape index (κ1) is 32.8. The lowest BCUT2D eigenvalue weighted by atomic mass is 10.0. The Morgan fingerprint density at radius 1 is 1.09 bits per heavy atom. The number of rotatable bonds is 9. The lowest BCUT2D eigenvalue weighted by Crippen LogP contribution is -2.43. The molecule has 3 N–H and O–H groups in total. The number of nitrogens with one attached hydrogen (secondary N) is 2. The Kier molecular flexibility index (Phi) is 9.38. The summed E-state index contributed by atoms with van der Waals surface area (Å²) in [6.07, 6.45) is 5.19. The number of aryl methyl sites for hydroxylation is 1. The first-order valence-electron chi connectivity index (χ1n) is 15.6. The normalized spacial score (nSPS) is 20.9. The fraction of sp³-hybridized carbons (Fsp3) is 0.412. The van der Waals surface area contributed by atoms with E-state index in [0.29, 0.717) is 41.8 Å². The molecule has 0 aliphatic carbocycles. The van der Waals surface area contributed by atoms with E-state index in [4.69, 9.17) is 23.2 Å². The molecule has 3 aliphatic rings. The Bertz CT molecular complexity index is 1820. The average molecular weight is 686 g/mol. The van der Waals surface area contributed by atoms with Gasteiger partial charge in [0, 0.05) is 76.9 Å². The van der Waals surface area contributed by atoms with Gasteiger partial charge in [0.15, 0.2) is 9.84 Å². The summed E-state index contributed by atoms with van der Waals surface area (Å²) in [4.78, 5) is 34.1. The summed E-state index contributed by atoms with van der Waals surface area (Å²) in [5.41, 5.74) is 5.33. The third-order valence-electron chi connectivity index (χ3n) is 9.45. The van der Waals surface area contributed by atoms with Crippen LogP contribution in [0.5, 0.6) is 0 Å². The van der Waals surface area contributed by atoms with Crippen molar-refractivity contribution in [1.82, 2.24) is 14.8 Å². The molecule has 46 heavy (non-hydrogen) atoms. The molecule has 3 aliphatic heterocycles. The number of aliphatic hydroxyl groups excluding tert-OH is 1. The highest BCUT2D eigenvalue weighted by Gasteiger charge is 2.32. The topological polar surface area (TPSA) is 123 Å². The van der Waals surface area contributed by atoms with E-state index in [1.54, 1.807) is 30.3 Å². The predicted octanol–water partition coefficient (Wildman–Crippen LogP) is 5.40. The summed E-state index contributed by atoms with van der Waals surface area (Å²) < 4.78 is 26.8. The second-order valence-electron chi connectivity index (χ2n) is 12.5. The molecule has 0 bridgehead atoms. The van der Waals surface area contributed by atoms with E-state index in [-0.39, 0.29) is 44.7 Å². The molecular formula is C34H38Cl2N4O5S. The van der Waals surface area contributed by atoms with Gasteiger partial charge >= 0.3 is 0 Å². The van der Waals surface area contributed by atoms with Gasteiger partial charge in [-0.25, -0.2) is 8.42 Å². The van der Waals surface area contributed by atoms with Gasteiger partial charge in [0.1, 0.15) is 0 Å². The molecule has 1 aromatic heterocycles. The van der Waals surface area contributed by atoms with Gasteiger partial charge in [-0.1, -0.05) is 29.3 Å². The van der Waals surface area contributed by atoms with E-state index < -0.39 is 9.84 Å². The van der Waals surface area contributed by atoms with Crippen LogP contribution in [0.15, 0.2) is 41.3 Å². The number of aromatic nitrogens is 1. The van der Waals surface area contributed by atoms with Crippen molar-refractivity contribution in [2.75, 3.05) is 31.5 Å². The fourth-order valence-electron chi connectivity index (χ4n) is 6.93. The highest BCUT2D eigenvalue weighted by atomic mass is 35.5. The van der Waals surface area contributed by atoms with Crippen LogP contribution in [0.2, 0.25) is 10.0 Å². The third kappa shape index (κ3) is 6.64. The van der Waals surface area contributed by atoms with Crippen LogP contribution in [-0.4, -0.2) is 78.4 Å². The van der Waals surface area contributed by atoms with E-state index in [1.165, 1.54) is 12.1 Å². The zero-order chi connectivity index (χ0) is 32.7. The predicted molar refractivity (Wildman–Crippen MR) is 181 cm³/mol. The number of halogens is 2. The second-order valence-corrected chi connectivity index (χ2v) is 15.3. The van der Waals surface area contributed by atoms with Crippen LogP contribution in [0.25, 0.3) is 11.6 Å². The minimum Gasteiger partial charge on any atom is -0.392 e. The average Bonchev–Trinajstić information content (AvgIpc) is 3.77. The number of β-amino-alcohol motifs (C(OH)–C–C–N with tert-alkyl or cyclic N) is 1. The lowest BCUT2D eigenvalue weighted by molar-refractivity contribution is -0.132. The molecule has 0 saturated carbocycles. The number of carbonyl (C=O) groups is 2. The van der Waals surface area contributed by atoms with Crippen LogP contribution in [0.4, 0.5) is 5.69 Å². The molecule has 6 rings (SSSR count). The molecule has 2 saturated heterocycles. The van der Waals surface area contributed by atoms with E-state index in [1.807, 2.05) is 18.7 Å². The van der Waals surface area contributed by atoms with Crippen LogP contribution in [-0.2, 0) is 31.6 Å². The summed E-state index contributed by atoms with van der Waals surface area (Å²) >= 11 is 12.5. The van der Waals surface area contributed by atoms with Crippen molar-refractivity contribution in [3.05, 3.63) is 80.1 Å². The summed E-state index contributed by atoms with van der Waals surface area (Å²) in [7, 11) is -3.83. The van der Waals surface area contributed by atoms with E-state index in [9.17, 15) is 23.1 Å². The SMILES string of the molecule is Cc1[nH]c(C=C2C(=O)Nc3ccc(S(=O)(=O)Cc4c(Cl)cccc4Cl)cc32)c(C)c1CCC(=O)N1CCC[C@@H]1CN1CC[C@@H](O)C1. The molecule has 12 heteroatoms. The smallest absolute Gasteiger partial charge is 0.256 e. The van der Waals surface area contributed by atoms with Gasteiger partial charge in [-0.05, 0) is 87.1 Å². The van der Waals surface area contributed by atoms with Crippen LogP contribution < -0.4 is 5.32 Å². The molecule has 244 valence electrons. The van der Waals surface area contributed by atoms with E-state index in [0.717, 1.165) is 61.4 Å². The van der Waals surface area contributed by atoms with Crippen LogP contribution in [0.3, 0.4) is 0 Å². The largest absolute Gasteiger partial charge is 0.392 e. The van der Waals surface area contributed by atoms with Gasteiger partial charge < -0.3 is 20.3 Å². The number of fused-ring (bicyclic) bond motifs is 1. The molecule has 9 nitrogen and oxygen atoms in total. The number of H-pyrrole nitrogens is 1. The van der Waals surface area contributed by atoms with Crippen molar-refractivity contribution in [2.24, 2.45) is 0 Å². The maximum Gasteiger partial charge on any atom is 0.256 e. The van der Waals surface area contributed by atoms with E-state index >= 15 is 0 Å². The summed E-state index contributed by atoms with van der Waals surface area (Å²) in [5.74, 6) is -0.563. The Morgan fingerprint density at radius 3 is 2.57 bits per heavy atom. The first-order valence-corrected chi connectivity index (χ1v) is 18.0. The number of carbonyl (C=O) groups excluding carboxylic acids is 2. The van der Waals surface area contributed by atoms with Crippen molar-refractivity contribution < 1.29 is 23.1 Å². The molecule has 2 aromatic carbocycles. The lowest BCUT2D eigenvalue weighted by Gasteiger charge is -2.28. The van der Waals surface area contributed by atoms with Gasteiger partial charge in [0.05, 0.1) is 22.3 Å². The highest BCUT2D eigenvalue weighted by molar-refractivity contribution is 7.90. The van der Waals surface area contributed by atoms with Crippen LogP contribution >= 0.6 is 23.2 Å². The Morgan fingerprint density at radius 2 is 1.85 bits per heavy atom. The summed E-state index contributed by atoms with van der Waals surface area (Å²) in [6.45, 7) is 7.05. The monoisotopic (exact) mass is 684 g/mol. The van der Waals surface area contributed by atoms with Gasteiger partial charge in [-0.3, -0.25) is 14.5 Å². The molecule has 0 radical (unpaired) electrons. The molecule has 0 spiro atoms. The number of anilines is 1. The molecular weight excluding hydrogens is 647 g/mol. The number of sulfone groups is 1. The molecule has 4 heterocycles.